The molecular formula is C18H30N6S. The van der Waals surface area contributed by atoms with Gasteiger partial charge in [-0.1, -0.05) is 6.92 Å². The molecule has 0 aliphatic heterocycles. The van der Waals surface area contributed by atoms with Gasteiger partial charge in [0.25, 0.3) is 0 Å². The highest BCUT2D eigenvalue weighted by Crippen LogP contribution is 2.16. The van der Waals surface area contributed by atoms with Gasteiger partial charge in [0.2, 0.25) is 0 Å². The highest BCUT2D eigenvalue weighted by Gasteiger charge is 2.09. The molecule has 0 aromatic carbocycles. The normalized spacial score (nSPS) is 13.1. The fourth-order valence-corrected chi connectivity index (χ4v) is 3.44. The zero-order valence-corrected chi connectivity index (χ0v) is 17.0. The van der Waals surface area contributed by atoms with Crippen LogP contribution in [0.5, 0.6) is 0 Å². The lowest BCUT2D eigenvalue weighted by atomic mass is 10.2. The number of nitrogens with one attached hydrogen (secondary N) is 2. The Hall–Kier alpha value is -1.89. The molecule has 2 rings (SSSR count). The van der Waals surface area contributed by atoms with Crippen LogP contribution in [0.15, 0.2) is 11.1 Å². The second-order valence-corrected chi connectivity index (χ2v) is 7.83. The van der Waals surface area contributed by atoms with Crippen molar-refractivity contribution in [3.05, 3.63) is 33.0 Å². The molecule has 1 atom stereocenters. The van der Waals surface area contributed by atoms with Crippen molar-refractivity contribution in [3.8, 4) is 0 Å². The van der Waals surface area contributed by atoms with Crippen LogP contribution in [0.25, 0.3) is 0 Å². The molecule has 25 heavy (non-hydrogen) atoms. The van der Waals surface area contributed by atoms with Gasteiger partial charge in [0, 0.05) is 30.2 Å². The quantitative estimate of drug-likeness (QED) is 0.587. The lowest BCUT2D eigenvalue weighted by Gasteiger charge is -2.16. The highest BCUT2D eigenvalue weighted by molar-refractivity contribution is 7.11. The van der Waals surface area contributed by atoms with Gasteiger partial charge in [0.1, 0.15) is 5.01 Å². The van der Waals surface area contributed by atoms with Crippen molar-refractivity contribution in [3.63, 3.8) is 0 Å². The Morgan fingerprint density at radius 2 is 2.04 bits per heavy atom. The molecule has 0 spiro atoms. The first-order valence-corrected chi connectivity index (χ1v) is 9.66. The van der Waals surface area contributed by atoms with Crippen molar-refractivity contribution in [1.29, 1.82) is 0 Å². The van der Waals surface area contributed by atoms with Gasteiger partial charge in [-0.3, -0.25) is 4.68 Å². The minimum atomic E-state index is 0.450. The van der Waals surface area contributed by atoms with E-state index in [4.69, 9.17) is 0 Å². The molecule has 0 amide bonds. The van der Waals surface area contributed by atoms with Crippen LogP contribution in [0.1, 0.15) is 40.8 Å². The summed E-state index contributed by atoms with van der Waals surface area (Å²) in [6.45, 7) is 15.8. The lowest BCUT2D eigenvalue weighted by molar-refractivity contribution is 0.436. The third kappa shape index (κ3) is 5.85. The molecule has 2 heterocycles. The zero-order valence-electron chi connectivity index (χ0n) is 16.2. The minimum absolute atomic E-state index is 0.450. The van der Waals surface area contributed by atoms with E-state index in [2.05, 4.69) is 64.2 Å². The van der Waals surface area contributed by atoms with Crippen LogP contribution in [0.2, 0.25) is 0 Å². The highest BCUT2D eigenvalue weighted by atomic mass is 32.1. The molecule has 2 aromatic rings. The molecule has 138 valence electrons. The maximum absolute atomic E-state index is 4.66. The van der Waals surface area contributed by atoms with E-state index in [1.807, 2.05) is 13.8 Å². The van der Waals surface area contributed by atoms with Crippen LogP contribution in [0.3, 0.4) is 0 Å². The number of hydrogen-bond acceptors (Lipinski definition) is 4. The van der Waals surface area contributed by atoms with Crippen LogP contribution < -0.4 is 10.6 Å². The first-order valence-electron chi connectivity index (χ1n) is 8.85. The first kappa shape index (κ1) is 19.4. The number of nitrogens with zero attached hydrogens (tertiary/aromatic N) is 4. The summed E-state index contributed by atoms with van der Waals surface area (Å²) in [5.74, 6) is 1.29. The molecular weight excluding hydrogens is 332 g/mol. The van der Waals surface area contributed by atoms with E-state index in [0.717, 1.165) is 42.0 Å². The van der Waals surface area contributed by atoms with E-state index >= 15 is 0 Å². The molecule has 0 bridgehead atoms. The Kier molecular flexibility index (Phi) is 6.99. The van der Waals surface area contributed by atoms with Gasteiger partial charge in [-0.25, -0.2) is 9.98 Å². The second-order valence-electron chi connectivity index (χ2n) is 6.54. The van der Waals surface area contributed by atoms with E-state index in [9.17, 15) is 0 Å². The molecule has 0 radical (unpaired) electrons. The van der Waals surface area contributed by atoms with Crippen molar-refractivity contribution < 1.29 is 0 Å². The average molecular weight is 363 g/mol. The summed E-state index contributed by atoms with van der Waals surface area (Å²) in [6.07, 6.45) is 0. The van der Waals surface area contributed by atoms with E-state index < -0.39 is 0 Å². The van der Waals surface area contributed by atoms with Gasteiger partial charge in [-0.2, -0.15) is 5.10 Å². The third-order valence-corrected chi connectivity index (χ3v) is 5.05. The van der Waals surface area contributed by atoms with Gasteiger partial charge in [0.15, 0.2) is 5.96 Å². The second kappa shape index (κ2) is 8.99. The minimum Gasteiger partial charge on any atom is -0.357 e. The summed E-state index contributed by atoms with van der Waals surface area (Å²) >= 11 is 1.72. The predicted octanol–water partition coefficient (Wildman–Crippen LogP) is 2.96. The number of rotatable bonds is 7. The standard InChI is InChI=1S/C18H30N6S/c1-7-19-18(21-10-17-22-15(5)16(6)25-17)20-9-12(2)11-24-14(4)8-13(3)23-24/h8,12H,7,9-11H2,1-6H3,(H2,19,20,21). The molecule has 7 heteroatoms. The fourth-order valence-electron chi connectivity index (χ4n) is 2.59. The number of aryl methyl sites for hydroxylation is 4. The SMILES string of the molecule is CCNC(=NCc1nc(C)c(C)s1)NCC(C)Cn1nc(C)cc1C. The molecule has 0 aliphatic rings. The number of guanidine groups is 1. The van der Waals surface area contributed by atoms with Gasteiger partial charge in [-0.15, -0.1) is 11.3 Å². The Labute approximate surface area is 154 Å². The van der Waals surface area contributed by atoms with Crippen molar-refractivity contribution >= 4 is 17.3 Å². The Morgan fingerprint density at radius 1 is 1.28 bits per heavy atom. The molecule has 6 nitrogen and oxygen atoms in total. The molecule has 0 saturated carbocycles. The van der Waals surface area contributed by atoms with Crippen molar-refractivity contribution in [2.75, 3.05) is 13.1 Å². The topological polar surface area (TPSA) is 67.1 Å². The summed E-state index contributed by atoms with van der Waals surface area (Å²) in [4.78, 5) is 10.5. The van der Waals surface area contributed by atoms with E-state index in [1.54, 1.807) is 11.3 Å². The summed E-state index contributed by atoms with van der Waals surface area (Å²) in [5, 5.41) is 12.3. The van der Waals surface area contributed by atoms with Crippen molar-refractivity contribution in [2.45, 2.75) is 54.6 Å². The Morgan fingerprint density at radius 3 is 2.60 bits per heavy atom. The van der Waals surface area contributed by atoms with Crippen molar-refractivity contribution in [2.24, 2.45) is 10.9 Å². The summed E-state index contributed by atoms with van der Waals surface area (Å²) < 4.78 is 2.08. The van der Waals surface area contributed by atoms with Gasteiger partial charge in [-0.05, 0) is 46.6 Å². The van der Waals surface area contributed by atoms with Crippen LogP contribution >= 0.6 is 11.3 Å². The molecule has 0 fully saturated rings. The zero-order chi connectivity index (χ0) is 18.4. The Bertz CT molecular complexity index is 696. The van der Waals surface area contributed by atoms with Crippen molar-refractivity contribution in [1.82, 2.24) is 25.4 Å². The van der Waals surface area contributed by atoms with Gasteiger partial charge >= 0.3 is 0 Å². The van der Waals surface area contributed by atoms with Gasteiger partial charge in [0.05, 0.1) is 17.9 Å². The van der Waals surface area contributed by atoms with Gasteiger partial charge < -0.3 is 10.6 Å². The molecule has 2 N–H and O–H groups in total. The largest absolute Gasteiger partial charge is 0.357 e. The Balaban J connectivity index is 1.89. The number of thiazole rings is 1. The summed E-state index contributed by atoms with van der Waals surface area (Å²) in [6, 6.07) is 2.11. The van der Waals surface area contributed by atoms with Crippen LogP contribution in [0.4, 0.5) is 0 Å². The predicted molar refractivity (Wildman–Crippen MR) is 105 cm³/mol. The van der Waals surface area contributed by atoms with E-state index in [-0.39, 0.29) is 0 Å². The van der Waals surface area contributed by atoms with Crippen LogP contribution in [-0.4, -0.2) is 33.8 Å². The van der Waals surface area contributed by atoms with E-state index in [1.165, 1.54) is 10.6 Å². The third-order valence-electron chi connectivity index (χ3n) is 4.00. The summed E-state index contributed by atoms with van der Waals surface area (Å²) in [5.41, 5.74) is 3.38. The smallest absolute Gasteiger partial charge is 0.191 e. The maximum Gasteiger partial charge on any atom is 0.191 e. The number of aromatic nitrogens is 3. The maximum atomic E-state index is 4.66. The monoisotopic (exact) mass is 362 g/mol. The fraction of sp³-hybridized carbons (Fsp3) is 0.611. The van der Waals surface area contributed by atoms with E-state index in [0.29, 0.717) is 12.5 Å². The van der Waals surface area contributed by atoms with Crippen LogP contribution in [-0.2, 0) is 13.1 Å². The molecule has 1 unspecified atom stereocenters. The summed E-state index contributed by atoms with van der Waals surface area (Å²) in [7, 11) is 0. The molecule has 0 aliphatic carbocycles. The first-order chi connectivity index (χ1) is 11.9. The number of aliphatic imine (C=N–C) groups is 1. The average Bonchev–Trinajstić information content (AvgIpc) is 3.03. The molecule has 0 saturated heterocycles. The lowest BCUT2D eigenvalue weighted by Crippen LogP contribution is -2.40. The molecule has 2 aromatic heterocycles. The number of hydrogen-bond donors (Lipinski definition) is 2. The van der Waals surface area contributed by atoms with Crippen LogP contribution in [0, 0.1) is 33.6 Å².